The molecule has 1 unspecified atom stereocenters. The number of hydrazine groups is 1. The van der Waals surface area contributed by atoms with Gasteiger partial charge >= 0.3 is 12.1 Å². The number of amides is 2. The molecule has 2 amide bonds. The molecule has 0 saturated heterocycles. The molecule has 0 spiro atoms. The molecular formula is C15H20F3N5O5. The third-order valence-corrected chi connectivity index (χ3v) is 3.76. The number of alkyl halides is 3. The van der Waals surface area contributed by atoms with Crippen LogP contribution in [0.5, 0.6) is 0 Å². The molecule has 0 bridgehead atoms. The number of carboxylic acid groups (broad SMARTS) is 1. The molecule has 1 rings (SSSR count). The molecule has 0 aliphatic carbocycles. The fraction of sp³-hybridized carbons (Fsp3) is 0.533. The van der Waals surface area contributed by atoms with Gasteiger partial charge in [0.15, 0.2) is 5.69 Å². The van der Waals surface area contributed by atoms with E-state index in [9.17, 15) is 32.8 Å². The summed E-state index contributed by atoms with van der Waals surface area (Å²) >= 11 is 0. The third kappa shape index (κ3) is 6.13. The topological polar surface area (TPSA) is 150 Å². The van der Waals surface area contributed by atoms with Gasteiger partial charge in [0.1, 0.15) is 5.56 Å². The molecule has 0 aliphatic rings. The Hall–Kier alpha value is -2.80. The van der Waals surface area contributed by atoms with Crippen LogP contribution in [0.25, 0.3) is 0 Å². The van der Waals surface area contributed by atoms with Crippen LogP contribution in [0.3, 0.4) is 0 Å². The first-order chi connectivity index (χ1) is 13.0. The molecule has 0 aromatic carbocycles. The SMILES string of the molecule is CCCCCC(CN(O)C=O)C(=O)N(N)c1ncc(C(=O)O)c(C(F)(F)F)n1. The first-order valence-corrected chi connectivity index (χ1v) is 8.19. The predicted octanol–water partition coefficient (Wildman–Crippen LogP) is 1.44. The molecule has 1 aromatic heterocycles. The number of carbonyl (C=O) groups is 3. The summed E-state index contributed by atoms with van der Waals surface area (Å²) in [5.74, 6) is 0.836. The van der Waals surface area contributed by atoms with Gasteiger partial charge in [0.2, 0.25) is 18.3 Å². The fourth-order valence-electron chi connectivity index (χ4n) is 2.36. The second-order valence-electron chi connectivity index (χ2n) is 5.86. The van der Waals surface area contributed by atoms with Gasteiger partial charge in [-0.25, -0.2) is 30.7 Å². The van der Waals surface area contributed by atoms with Gasteiger partial charge in [-0.05, 0) is 6.42 Å². The Morgan fingerprint density at radius 2 is 2.00 bits per heavy atom. The lowest BCUT2D eigenvalue weighted by Crippen LogP contribution is -2.46. The smallest absolute Gasteiger partial charge is 0.434 e. The molecule has 10 nitrogen and oxygen atoms in total. The van der Waals surface area contributed by atoms with Crippen molar-refractivity contribution in [1.82, 2.24) is 15.0 Å². The fourth-order valence-corrected chi connectivity index (χ4v) is 2.36. The summed E-state index contributed by atoms with van der Waals surface area (Å²) in [6.45, 7) is 1.48. The van der Waals surface area contributed by atoms with Crippen LogP contribution in [-0.4, -0.2) is 50.2 Å². The van der Waals surface area contributed by atoms with E-state index in [0.29, 0.717) is 12.6 Å². The molecule has 0 radical (unpaired) electrons. The Labute approximate surface area is 157 Å². The molecule has 0 saturated carbocycles. The van der Waals surface area contributed by atoms with Crippen molar-refractivity contribution in [2.24, 2.45) is 11.8 Å². The van der Waals surface area contributed by atoms with E-state index in [1.54, 1.807) is 0 Å². The zero-order chi connectivity index (χ0) is 21.5. The highest BCUT2D eigenvalue weighted by Crippen LogP contribution is 2.31. The molecule has 1 heterocycles. The maximum Gasteiger partial charge on any atom is 0.434 e. The van der Waals surface area contributed by atoms with Crippen molar-refractivity contribution in [3.05, 3.63) is 17.5 Å². The van der Waals surface area contributed by atoms with Gasteiger partial charge < -0.3 is 5.11 Å². The van der Waals surface area contributed by atoms with Crippen molar-refractivity contribution >= 4 is 24.2 Å². The molecule has 0 aliphatic heterocycles. The first-order valence-electron chi connectivity index (χ1n) is 8.19. The second-order valence-corrected chi connectivity index (χ2v) is 5.86. The maximum atomic E-state index is 13.1. The van der Waals surface area contributed by atoms with E-state index in [2.05, 4.69) is 9.97 Å². The molecule has 4 N–H and O–H groups in total. The normalized spacial score (nSPS) is 12.4. The molecule has 13 heteroatoms. The highest BCUT2D eigenvalue weighted by molar-refractivity contribution is 5.93. The molecule has 28 heavy (non-hydrogen) atoms. The van der Waals surface area contributed by atoms with Crippen LogP contribution in [0, 0.1) is 5.92 Å². The Kier molecular flexibility index (Phi) is 8.25. The molecule has 156 valence electrons. The van der Waals surface area contributed by atoms with Crippen molar-refractivity contribution in [1.29, 1.82) is 0 Å². The quantitative estimate of drug-likeness (QED) is 0.132. The molecule has 0 fully saturated rings. The summed E-state index contributed by atoms with van der Waals surface area (Å²) in [4.78, 5) is 40.6. The van der Waals surface area contributed by atoms with Crippen molar-refractivity contribution in [2.45, 2.75) is 38.8 Å². The van der Waals surface area contributed by atoms with Gasteiger partial charge in [0.25, 0.3) is 0 Å². The zero-order valence-corrected chi connectivity index (χ0v) is 14.9. The van der Waals surface area contributed by atoms with Crippen molar-refractivity contribution in [3.63, 3.8) is 0 Å². The summed E-state index contributed by atoms with van der Waals surface area (Å²) in [6, 6.07) is 0. The average Bonchev–Trinajstić information content (AvgIpc) is 2.64. The number of halogens is 3. The number of anilines is 1. The summed E-state index contributed by atoms with van der Waals surface area (Å²) in [7, 11) is 0. The van der Waals surface area contributed by atoms with Crippen LogP contribution in [0.4, 0.5) is 19.1 Å². The number of rotatable bonds is 10. The lowest BCUT2D eigenvalue weighted by molar-refractivity contribution is -0.154. The Bertz CT molecular complexity index is 716. The van der Waals surface area contributed by atoms with Crippen LogP contribution in [0.2, 0.25) is 0 Å². The van der Waals surface area contributed by atoms with E-state index in [4.69, 9.17) is 10.9 Å². The molecular weight excluding hydrogens is 387 g/mol. The van der Waals surface area contributed by atoms with Gasteiger partial charge in [-0.15, -0.1) is 0 Å². The van der Waals surface area contributed by atoms with Crippen LogP contribution in [-0.2, 0) is 15.8 Å². The van der Waals surface area contributed by atoms with Crippen LogP contribution >= 0.6 is 0 Å². The number of unbranched alkanes of at least 4 members (excludes halogenated alkanes) is 2. The van der Waals surface area contributed by atoms with Crippen LogP contribution in [0.15, 0.2) is 6.20 Å². The standard InChI is InChI=1S/C15H20F3N5O5/c1-2-3-4-5-9(7-22(28)8-24)12(25)23(19)14-20-6-10(13(26)27)11(21-14)15(16,17)18/h6,8-9,28H,2-5,7,19H2,1H3,(H,26,27). The van der Waals surface area contributed by atoms with Gasteiger partial charge in [-0.3, -0.25) is 14.8 Å². The van der Waals surface area contributed by atoms with Crippen molar-refractivity contribution in [2.75, 3.05) is 11.6 Å². The van der Waals surface area contributed by atoms with E-state index >= 15 is 0 Å². The highest BCUT2D eigenvalue weighted by Gasteiger charge is 2.39. The number of carbonyl (C=O) groups excluding carboxylic acids is 2. The number of aromatic carboxylic acids is 1. The second kappa shape index (κ2) is 9.94. The van der Waals surface area contributed by atoms with Crippen molar-refractivity contribution in [3.8, 4) is 0 Å². The molecule has 1 aromatic rings. The number of carboxylic acids is 1. The summed E-state index contributed by atoms with van der Waals surface area (Å²) < 4.78 is 39.2. The van der Waals surface area contributed by atoms with Gasteiger partial charge in [-0.2, -0.15) is 13.2 Å². The maximum absolute atomic E-state index is 13.1. The largest absolute Gasteiger partial charge is 0.478 e. The molecule has 1 atom stereocenters. The number of nitrogens with two attached hydrogens (primary N) is 1. The average molecular weight is 407 g/mol. The highest BCUT2D eigenvalue weighted by atomic mass is 19.4. The Balaban J connectivity index is 3.17. The Morgan fingerprint density at radius 1 is 1.36 bits per heavy atom. The van der Waals surface area contributed by atoms with Crippen molar-refractivity contribution < 1.29 is 37.9 Å². The van der Waals surface area contributed by atoms with E-state index in [1.807, 2.05) is 6.92 Å². The third-order valence-electron chi connectivity index (χ3n) is 3.76. The summed E-state index contributed by atoms with van der Waals surface area (Å²) in [5, 5.41) is 18.7. The summed E-state index contributed by atoms with van der Waals surface area (Å²) in [6.07, 6.45) is -2.35. The minimum atomic E-state index is -5.12. The van der Waals surface area contributed by atoms with Crippen LogP contribution < -0.4 is 10.9 Å². The number of nitrogens with zero attached hydrogens (tertiary/aromatic N) is 4. The number of aromatic nitrogens is 2. The van der Waals surface area contributed by atoms with Gasteiger partial charge in [0, 0.05) is 6.20 Å². The lowest BCUT2D eigenvalue weighted by atomic mass is 10.00. The Morgan fingerprint density at radius 3 is 2.50 bits per heavy atom. The van der Waals surface area contributed by atoms with Gasteiger partial charge in [-0.1, -0.05) is 26.2 Å². The zero-order valence-electron chi connectivity index (χ0n) is 14.9. The monoisotopic (exact) mass is 407 g/mol. The summed E-state index contributed by atoms with van der Waals surface area (Å²) in [5.41, 5.74) is -2.95. The number of hydrogen-bond donors (Lipinski definition) is 3. The van der Waals surface area contributed by atoms with Gasteiger partial charge in [0.05, 0.1) is 12.5 Å². The number of hydroxylamine groups is 2. The van der Waals surface area contributed by atoms with E-state index in [-0.39, 0.29) is 22.9 Å². The van der Waals surface area contributed by atoms with E-state index in [0.717, 1.165) is 12.8 Å². The predicted molar refractivity (Wildman–Crippen MR) is 87.9 cm³/mol. The van der Waals surface area contributed by atoms with E-state index in [1.165, 1.54) is 0 Å². The van der Waals surface area contributed by atoms with E-state index < -0.39 is 47.7 Å². The lowest BCUT2D eigenvalue weighted by Gasteiger charge is -2.24. The number of hydrogen-bond acceptors (Lipinski definition) is 7. The van der Waals surface area contributed by atoms with Crippen LogP contribution in [0.1, 0.15) is 48.7 Å². The first kappa shape index (κ1) is 23.2. The minimum absolute atomic E-state index is 0.0703. The minimum Gasteiger partial charge on any atom is -0.478 e.